The number of benzene rings is 2. The van der Waals surface area contributed by atoms with Crippen LogP contribution in [-0.4, -0.2) is 25.6 Å². The van der Waals surface area contributed by atoms with Crippen molar-refractivity contribution in [1.29, 1.82) is 0 Å². The van der Waals surface area contributed by atoms with Crippen LogP contribution in [0.5, 0.6) is 5.75 Å². The number of amides is 1. The van der Waals surface area contributed by atoms with E-state index in [-0.39, 0.29) is 5.91 Å². The lowest BCUT2D eigenvalue weighted by molar-refractivity contribution is 0.0600. The molecule has 27 heavy (non-hydrogen) atoms. The molecule has 0 radical (unpaired) electrons. The zero-order valence-corrected chi connectivity index (χ0v) is 16.0. The van der Waals surface area contributed by atoms with E-state index < -0.39 is 5.97 Å². The van der Waals surface area contributed by atoms with E-state index in [2.05, 4.69) is 17.0 Å². The molecule has 5 nitrogen and oxygen atoms in total. The Morgan fingerprint density at radius 3 is 2.11 bits per heavy atom. The molecule has 0 bridgehead atoms. The Hall–Kier alpha value is -2.82. The molecular formula is C22H27NO4. The van der Waals surface area contributed by atoms with Gasteiger partial charge in [0.05, 0.1) is 19.3 Å². The maximum Gasteiger partial charge on any atom is 0.337 e. The minimum Gasteiger partial charge on any atom is -0.494 e. The van der Waals surface area contributed by atoms with Gasteiger partial charge < -0.3 is 14.8 Å². The maximum atomic E-state index is 12.3. The molecule has 2 aromatic rings. The number of carbonyl (C=O) groups is 2. The van der Waals surface area contributed by atoms with Crippen molar-refractivity contribution >= 4 is 17.6 Å². The van der Waals surface area contributed by atoms with Crippen molar-refractivity contribution in [3.63, 3.8) is 0 Å². The number of ether oxygens (including phenoxy) is 2. The van der Waals surface area contributed by atoms with Crippen LogP contribution >= 0.6 is 0 Å². The number of hydrogen-bond acceptors (Lipinski definition) is 4. The van der Waals surface area contributed by atoms with Crippen LogP contribution in [-0.2, 0) is 4.74 Å². The second kappa shape index (κ2) is 11.0. The minimum absolute atomic E-state index is 0.216. The summed E-state index contributed by atoms with van der Waals surface area (Å²) >= 11 is 0. The zero-order chi connectivity index (χ0) is 19.5. The zero-order valence-electron chi connectivity index (χ0n) is 16.0. The minimum atomic E-state index is -0.408. The topological polar surface area (TPSA) is 64.6 Å². The SMILES string of the molecule is CCCCCCCOc1ccc(C(=O)Nc2ccc(C(=O)OC)cc2)cc1. The number of rotatable bonds is 10. The van der Waals surface area contributed by atoms with Gasteiger partial charge in [-0.05, 0) is 55.0 Å². The molecule has 1 amide bonds. The van der Waals surface area contributed by atoms with Gasteiger partial charge in [0, 0.05) is 11.3 Å². The molecule has 2 rings (SSSR count). The molecule has 0 heterocycles. The molecule has 5 heteroatoms. The summed E-state index contributed by atoms with van der Waals surface area (Å²) in [6, 6.07) is 13.6. The molecule has 0 atom stereocenters. The summed E-state index contributed by atoms with van der Waals surface area (Å²) in [6.45, 7) is 2.90. The number of carbonyl (C=O) groups excluding carboxylic acids is 2. The van der Waals surface area contributed by atoms with Gasteiger partial charge in [0.25, 0.3) is 5.91 Å². The Morgan fingerprint density at radius 1 is 0.852 bits per heavy atom. The van der Waals surface area contributed by atoms with E-state index in [0.29, 0.717) is 23.4 Å². The van der Waals surface area contributed by atoms with Gasteiger partial charge in [-0.1, -0.05) is 32.6 Å². The van der Waals surface area contributed by atoms with E-state index in [0.717, 1.165) is 12.2 Å². The van der Waals surface area contributed by atoms with Gasteiger partial charge in [0.1, 0.15) is 5.75 Å². The number of methoxy groups -OCH3 is 1. The number of nitrogens with one attached hydrogen (secondary N) is 1. The predicted molar refractivity (Wildman–Crippen MR) is 106 cm³/mol. The highest BCUT2D eigenvalue weighted by Crippen LogP contribution is 2.16. The van der Waals surface area contributed by atoms with Gasteiger partial charge in [-0.2, -0.15) is 0 Å². The van der Waals surface area contributed by atoms with E-state index in [4.69, 9.17) is 4.74 Å². The van der Waals surface area contributed by atoms with Gasteiger partial charge >= 0.3 is 5.97 Å². The number of hydrogen-bond donors (Lipinski definition) is 1. The third kappa shape index (κ3) is 6.77. The summed E-state index contributed by atoms with van der Waals surface area (Å²) in [5.41, 5.74) is 1.59. The second-order valence-electron chi connectivity index (χ2n) is 6.31. The highest BCUT2D eigenvalue weighted by molar-refractivity contribution is 6.04. The van der Waals surface area contributed by atoms with Crippen LogP contribution in [0.3, 0.4) is 0 Å². The molecule has 0 saturated carbocycles. The fraction of sp³-hybridized carbons (Fsp3) is 0.364. The van der Waals surface area contributed by atoms with Gasteiger partial charge in [-0.25, -0.2) is 4.79 Å². The summed E-state index contributed by atoms with van der Waals surface area (Å²) in [6.07, 6.45) is 5.99. The van der Waals surface area contributed by atoms with Crippen molar-refractivity contribution in [1.82, 2.24) is 0 Å². The van der Waals surface area contributed by atoms with E-state index in [9.17, 15) is 9.59 Å². The predicted octanol–water partition coefficient (Wildman–Crippen LogP) is 5.07. The van der Waals surface area contributed by atoms with Crippen LogP contribution in [0.25, 0.3) is 0 Å². The first-order chi connectivity index (χ1) is 13.1. The lowest BCUT2D eigenvalue weighted by atomic mass is 10.1. The first kappa shape index (κ1) is 20.5. The van der Waals surface area contributed by atoms with Crippen LogP contribution < -0.4 is 10.1 Å². The highest BCUT2D eigenvalue weighted by Gasteiger charge is 2.08. The standard InChI is InChI=1S/C22H27NO4/c1-3-4-5-6-7-16-27-20-14-10-17(11-15-20)21(24)23-19-12-8-18(9-13-19)22(25)26-2/h8-15H,3-7,16H2,1-2H3,(H,23,24). The quantitative estimate of drug-likeness (QED) is 0.469. The third-order valence-electron chi connectivity index (χ3n) is 4.20. The molecular weight excluding hydrogens is 342 g/mol. The molecule has 0 aromatic heterocycles. The number of anilines is 1. The lowest BCUT2D eigenvalue weighted by Crippen LogP contribution is -2.12. The van der Waals surface area contributed by atoms with Gasteiger partial charge in [-0.3, -0.25) is 4.79 Å². The third-order valence-corrected chi connectivity index (χ3v) is 4.20. The first-order valence-corrected chi connectivity index (χ1v) is 9.36. The summed E-state index contributed by atoms with van der Waals surface area (Å²) < 4.78 is 10.4. The molecule has 144 valence electrons. The van der Waals surface area contributed by atoms with Crippen LogP contribution in [0.1, 0.15) is 59.7 Å². The van der Waals surface area contributed by atoms with E-state index in [1.165, 1.54) is 32.8 Å². The average Bonchev–Trinajstić information content (AvgIpc) is 2.71. The average molecular weight is 369 g/mol. The second-order valence-corrected chi connectivity index (χ2v) is 6.31. The Bertz CT molecular complexity index is 723. The molecule has 0 spiro atoms. The summed E-state index contributed by atoms with van der Waals surface area (Å²) in [7, 11) is 1.33. The molecule has 0 aliphatic carbocycles. The van der Waals surface area contributed by atoms with Crippen molar-refractivity contribution in [2.45, 2.75) is 39.0 Å². The van der Waals surface area contributed by atoms with Crippen molar-refractivity contribution in [2.75, 3.05) is 19.0 Å². The van der Waals surface area contributed by atoms with E-state index >= 15 is 0 Å². The summed E-state index contributed by atoms with van der Waals surface area (Å²) in [4.78, 5) is 23.7. The Balaban J connectivity index is 1.82. The van der Waals surface area contributed by atoms with Crippen molar-refractivity contribution in [2.24, 2.45) is 0 Å². The molecule has 2 aromatic carbocycles. The van der Waals surface area contributed by atoms with Crippen molar-refractivity contribution in [3.05, 3.63) is 59.7 Å². The molecule has 1 N–H and O–H groups in total. The summed E-state index contributed by atoms with van der Waals surface area (Å²) in [5, 5.41) is 2.80. The molecule has 0 aliphatic heterocycles. The Morgan fingerprint density at radius 2 is 1.48 bits per heavy atom. The normalized spacial score (nSPS) is 10.3. The van der Waals surface area contributed by atoms with Crippen LogP contribution in [0.15, 0.2) is 48.5 Å². The lowest BCUT2D eigenvalue weighted by Gasteiger charge is -2.08. The molecule has 0 saturated heterocycles. The van der Waals surface area contributed by atoms with Crippen LogP contribution in [0.4, 0.5) is 5.69 Å². The van der Waals surface area contributed by atoms with Crippen molar-refractivity contribution < 1.29 is 19.1 Å². The fourth-order valence-corrected chi connectivity index (χ4v) is 2.61. The highest BCUT2D eigenvalue weighted by atomic mass is 16.5. The fourth-order valence-electron chi connectivity index (χ4n) is 2.61. The van der Waals surface area contributed by atoms with Crippen LogP contribution in [0.2, 0.25) is 0 Å². The Labute approximate surface area is 160 Å². The van der Waals surface area contributed by atoms with E-state index in [1.54, 1.807) is 48.5 Å². The monoisotopic (exact) mass is 369 g/mol. The van der Waals surface area contributed by atoms with Gasteiger partial charge in [-0.15, -0.1) is 0 Å². The number of esters is 1. The molecule has 0 unspecified atom stereocenters. The smallest absolute Gasteiger partial charge is 0.337 e. The Kier molecular flexibility index (Phi) is 8.36. The largest absolute Gasteiger partial charge is 0.494 e. The molecule has 0 fully saturated rings. The maximum absolute atomic E-state index is 12.3. The van der Waals surface area contributed by atoms with Gasteiger partial charge in [0.15, 0.2) is 0 Å². The van der Waals surface area contributed by atoms with Crippen molar-refractivity contribution in [3.8, 4) is 5.75 Å². The van der Waals surface area contributed by atoms with E-state index in [1.807, 2.05) is 0 Å². The summed E-state index contributed by atoms with van der Waals surface area (Å²) in [5.74, 6) is 0.144. The van der Waals surface area contributed by atoms with Crippen LogP contribution in [0, 0.1) is 0 Å². The van der Waals surface area contributed by atoms with Gasteiger partial charge in [0.2, 0.25) is 0 Å². The number of unbranched alkanes of at least 4 members (excludes halogenated alkanes) is 4. The molecule has 0 aliphatic rings. The first-order valence-electron chi connectivity index (χ1n) is 9.36.